The molecule has 3 aliphatic heterocycles. The zero-order valence-electron chi connectivity index (χ0n) is 13.6. The van der Waals surface area contributed by atoms with Crippen molar-refractivity contribution in [3.05, 3.63) is 44.3 Å². The fourth-order valence-corrected chi connectivity index (χ4v) is 4.00. The van der Waals surface area contributed by atoms with Crippen molar-refractivity contribution in [2.75, 3.05) is 13.6 Å². The summed E-state index contributed by atoms with van der Waals surface area (Å²) in [5.41, 5.74) is 1.46. The highest BCUT2D eigenvalue weighted by Crippen LogP contribution is 2.38. The van der Waals surface area contributed by atoms with Gasteiger partial charge in [-0.3, -0.25) is 9.80 Å². The summed E-state index contributed by atoms with van der Waals surface area (Å²) in [6, 6.07) is 3.45. The lowest BCUT2D eigenvalue weighted by molar-refractivity contribution is 0.196. The molecule has 2 N–H and O–H groups in total. The first-order chi connectivity index (χ1) is 11.9. The van der Waals surface area contributed by atoms with E-state index in [1.807, 2.05) is 0 Å². The highest BCUT2D eigenvalue weighted by atomic mass is 35.5. The lowest BCUT2D eigenvalue weighted by atomic mass is 10.2. The van der Waals surface area contributed by atoms with Crippen LogP contribution in [0.25, 0.3) is 0 Å². The molecule has 0 aromatic heterocycles. The summed E-state index contributed by atoms with van der Waals surface area (Å²) in [7, 11) is 1.72. The van der Waals surface area contributed by atoms with Crippen molar-refractivity contribution in [1.29, 1.82) is 0 Å². The van der Waals surface area contributed by atoms with Crippen molar-refractivity contribution < 1.29 is 4.79 Å². The summed E-state index contributed by atoms with van der Waals surface area (Å²) < 4.78 is 0. The van der Waals surface area contributed by atoms with Crippen LogP contribution in [0.2, 0.25) is 15.1 Å². The molecule has 0 bridgehead atoms. The van der Waals surface area contributed by atoms with Crippen LogP contribution in [0.15, 0.2) is 28.6 Å². The van der Waals surface area contributed by atoms with Crippen LogP contribution in [0.4, 0.5) is 4.79 Å². The Bertz CT molecular complexity index is 837. The van der Waals surface area contributed by atoms with E-state index in [0.29, 0.717) is 33.0 Å². The lowest BCUT2D eigenvalue weighted by Gasteiger charge is -2.31. The summed E-state index contributed by atoms with van der Waals surface area (Å²) in [5.74, 6) is 1.35. The van der Waals surface area contributed by atoms with Crippen LogP contribution in [0.5, 0.6) is 0 Å². The molecule has 0 aliphatic carbocycles. The monoisotopic (exact) mass is 399 g/mol. The normalized spacial score (nSPS) is 24.8. The molecular weight excluding hydrogens is 385 g/mol. The number of carbonyl (C=O) groups excluding carboxylic acids is 1. The number of likely N-dealkylation sites (N-methyl/N-ethyl adjacent to an activating group) is 1. The maximum absolute atomic E-state index is 12.6. The summed E-state index contributed by atoms with van der Waals surface area (Å²) in [5, 5.41) is 8.00. The van der Waals surface area contributed by atoms with E-state index in [-0.39, 0.29) is 12.1 Å². The van der Waals surface area contributed by atoms with Gasteiger partial charge in [0, 0.05) is 30.2 Å². The van der Waals surface area contributed by atoms with Gasteiger partial charge < -0.3 is 10.6 Å². The van der Waals surface area contributed by atoms with Gasteiger partial charge in [0.2, 0.25) is 0 Å². The topological polar surface area (TPSA) is 60.0 Å². The van der Waals surface area contributed by atoms with Gasteiger partial charge in [-0.15, -0.1) is 0 Å². The molecule has 1 aromatic carbocycles. The second-order valence-electron chi connectivity index (χ2n) is 6.22. The molecule has 1 fully saturated rings. The Hall–Kier alpha value is -1.63. The minimum Gasteiger partial charge on any atom is -0.365 e. The average molecular weight is 401 g/mol. The Morgan fingerprint density at radius 1 is 1.28 bits per heavy atom. The van der Waals surface area contributed by atoms with Gasteiger partial charge in [-0.1, -0.05) is 41.7 Å². The molecule has 1 saturated heterocycles. The zero-order chi connectivity index (χ0) is 17.9. The van der Waals surface area contributed by atoms with E-state index >= 15 is 0 Å². The van der Waals surface area contributed by atoms with E-state index in [0.717, 1.165) is 17.9 Å². The number of carbonyl (C=O) groups is 1. The van der Waals surface area contributed by atoms with Gasteiger partial charge in [-0.2, -0.15) is 0 Å². The van der Waals surface area contributed by atoms with E-state index in [2.05, 4.69) is 22.5 Å². The minimum absolute atomic E-state index is 0.0985. The molecule has 0 saturated carbocycles. The van der Waals surface area contributed by atoms with Crippen LogP contribution < -0.4 is 10.6 Å². The number of nitrogens with one attached hydrogen (secondary N) is 2. The predicted molar refractivity (Wildman–Crippen MR) is 98.9 cm³/mol. The molecule has 132 valence electrons. The first-order valence-electron chi connectivity index (χ1n) is 7.96. The van der Waals surface area contributed by atoms with Crippen molar-refractivity contribution in [2.24, 2.45) is 4.99 Å². The van der Waals surface area contributed by atoms with Gasteiger partial charge >= 0.3 is 6.03 Å². The SMILES string of the molecule is CC[C@@H]1CN2C(=O)N(C)C3=NC(c4cc(Cl)cc(Cl)c4Cl)NC3=C2N1. The molecule has 3 heterocycles. The Morgan fingerprint density at radius 2 is 2.04 bits per heavy atom. The molecule has 25 heavy (non-hydrogen) atoms. The van der Waals surface area contributed by atoms with Gasteiger partial charge in [-0.05, 0) is 18.6 Å². The molecule has 1 aromatic rings. The third kappa shape index (κ3) is 2.55. The number of urea groups is 1. The second kappa shape index (κ2) is 5.97. The largest absolute Gasteiger partial charge is 0.365 e. The number of hydrogen-bond acceptors (Lipinski definition) is 4. The van der Waals surface area contributed by atoms with Crippen molar-refractivity contribution in [3.8, 4) is 0 Å². The van der Waals surface area contributed by atoms with Crippen molar-refractivity contribution >= 4 is 46.7 Å². The van der Waals surface area contributed by atoms with Crippen LogP contribution >= 0.6 is 34.8 Å². The maximum Gasteiger partial charge on any atom is 0.331 e. The molecular formula is C16H16Cl3N5O. The molecule has 6 nitrogen and oxygen atoms in total. The zero-order valence-corrected chi connectivity index (χ0v) is 15.9. The van der Waals surface area contributed by atoms with Crippen LogP contribution in [-0.4, -0.2) is 41.3 Å². The molecule has 3 aliphatic rings. The van der Waals surface area contributed by atoms with E-state index in [9.17, 15) is 4.79 Å². The van der Waals surface area contributed by atoms with E-state index in [1.54, 1.807) is 29.0 Å². The first kappa shape index (κ1) is 16.8. The number of benzene rings is 1. The smallest absolute Gasteiger partial charge is 0.331 e. The first-order valence-corrected chi connectivity index (χ1v) is 9.09. The summed E-state index contributed by atoms with van der Waals surface area (Å²) in [6.45, 7) is 2.73. The fourth-order valence-electron chi connectivity index (χ4n) is 3.28. The fraction of sp³-hybridized carbons (Fsp3) is 0.375. The maximum atomic E-state index is 12.6. The second-order valence-corrected chi connectivity index (χ2v) is 7.44. The standard InChI is InChI=1S/C16H16Cl3N5O/c1-3-8-6-24-15(20-8)12-14(23(2)16(24)25)22-13(21-12)9-4-7(17)5-10(18)11(9)19/h4-5,8,13,20-21H,3,6H2,1-2H3/t8-,13?/m1/s1. The number of halogens is 3. The van der Waals surface area contributed by atoms with Crippen LogP contribution in [0.1, 0.15) is 25.1 Å². The molecule has 1 unspecified atom stereocenters. The number of fused-ring (bicyclic) bond motifs is 2. The molecule has 9 heteroatoms. The van der Waals surface area contributed by atoms with Crippen molar-refractivity contribution in [1.82, 2.24) is 20.4 Å². The average Bonchev–Trinajstić information content (AvgIpc) is 3.20. The quantitative estimate of drug-likeness (QED) is 0.746. The van der Waals surface area contributed by atoms with E-state index in [4.69, 9.17) is 34.8 Å². The number of aliphatic imine (C=N–C) groups is 1. The molecule has 2 amide bonds. The van der Waals surface area contributed by atoms with Crippen molar-refractivity contribution in [2.45, 2.75) is 25.6 Å². The third-order valence-electron chi connectivity index (χ3n) is 4.65. The van der Waals surface area contributed by atoms with E-state index in [1.165, 1.54) is 0 Å². The van der Waals surface area contributed by atoms with Crippen molar-refractivity contribution in [3.63, 3.8) is 0 Å². The summed E-state index contributed by atoms with van der Waals surface area (Å²) in [4.78, 5) is 20.6. The summed E-state index contributed by atoms with van der Waals surface area (Å²) in [6.07, 6.45) is 0.467. The highest BCUT2D eigenvalue weighted by molar-refractivity contribution is 6.43. The number of amides is 2. The van der Waals surface area contributed by atoms with E-state index < -0.39 is 6.17 Å². The Balaban J connectivity index is 1.78. The molecule has 4 rings (SSSR count). The van der Waals surface area contributed by atoms with Gasteiger partial charge in [-0.25, -0.2) is 9.79 Å². The minimum atomic E-state index is -0.459. The Labute approximate surface area is 160 Å². The molecule has 2 atom stereocenters. The number of rotatable bonds is 2. The Kier molecular flexibility index (Phi) is 4.02. The van der Waals surface area contributed by atoms with Crippen LogP contribution in [0.3, 0.4) is 0 Å². The number of amidine groups is 1. The Morgan fingerprint density at radius 3 is 2.76 bits per heavy atom. The van der Waals surface area contributed by atoms with Crippen LogP contribution in [0, 0.1) is 0 Å². The lowest BCUT2D eigenvalue weighted by Crippen LogP contribution is -2.49. The van der Waals surface area contributed by atoms with Gasteiger partial charge in [0.1, 0.15) is 17.7 Å². The number of hydrogen-bond donors (Lipinski definition) is 2. The predicted octanol–water partition coefficient (Wildman–Crippen LogP) is 3.57. The van der Waals surface area contributed by atoms with Gasteiger partial charge in [0.05, 0.1) is 10.0 Å². The van der Waals surface area contributed by atoms with Gasteiger partial charge in [0.25, 0.3) is 0 Å². The highest BCUT2D eigenvalue weighted by Gasteiger charge is 2.44. The third-order valence-corrected chi connectivity index (χ3v) is 5.69. The molecule has 0 spiro atoms. The van der Waals surface area contributed by atoms with Crippen LogP contribution in [-0.2, 0) is 0 Å². The molecule has 0 radical (unpaired) electrons. The van der Waals surface area contributed by atoms with Gasteiger partial charge in [0.15, 0.2) is 5.84 Å². The number of nitrogens with zero attached hydrogens (tertiary/aromatic N) is 3. The summed E-state index contributed by atoms with van der Waals surface area (Å²) >= 11 is 18.6.